The van der Waals surface area contributed by atoms with Gasteiger partial charge in [0.1, 0.15) is 0 Å². The molecule has 0 saturated heterocycles. The number of alkyl halides is 1. The molecule has 1 aliphatic carbocycles. The van der Waals surface area contributed by atoms with Crippen LogP contribution in [-0.4, -0.2) is 26.2 Å². The highest BCUT2D eigenvalue weighted by Crippen LogP contribution is 2.32. The second-order valence-electron chi connectivity index (χ2n) is 3.29. The Morgan fingerprint density at radius 2 is 1.83 bits per heavy atom. The van der Waals surface area contributed by atoms with Gasteiger partial charge in [-0.25, -0.2) is 4.39 Å². The molecule has 0 N–H and O–H groups in total. The summed E-state index contributed by atoms with van der Waals surface area (Å²) in [6.07, 6.45) is 3.25. The van der Waals surface area contributed by atoms with E-state index in [-0.39, 0.29) is 0 Å². The van der Waals surface area contributed by atoms with Crippen molar-refractivity contribution in [2.45, 2.75) is 44.1 Å². The van der Waals surface area contributed by atoms with Crippen molar-refractivity contribution in [3.05, 3.63) is 0 Å². The van der Waals surface area contributed by atoms with E-state index in [1.807, 2.05) is 0 Å². The molecule has 12 heavy (non-hydrogen) atoms. The first kappa shape index (κ1) is 9.93. The summed E-state index contributed by atoms with van der Waals surface area (Å²) in [4.78, 5) is 0. The summed E-state index contributed by atoms with van der Waals surface area (Å²) in [5.41, 5.74) is 0. The van der Waals surface area contributed by atoms with Crippen LogP contribution >= 0.6 is 0 Å². The zero-order chi connectivity index (χ0) is 9.03. The van der Waals surface area contributed by atoms with Crippen LogP contribution in [0.4, 0.5) is 4.39 Å². The third-order valence-electron chi connectivity index (χ3n) is 2.65. The summed E-state index contributed by atoms with van der Waals surface area (Å²) >= 11 is 0. The van der Waals surface area contributed by atoms with E-state index in [0.717, 1.165) is 19.3 Å². The van der Waals surface area contributed by atoms with Gasteiger partial charge in [-0.15, -0.1) is 0 Å². The van der Waals surface area contributed by atoms with Crippen molar-refractivity contribution in [3.63, 3.8) is 0 Å². The van der Waals surface area contributed by atoms with Crippen molar-refractivity contribution in [2.24, 2.45) is 0 Å². The molecule has 72 valence electrons. The van der Waals surface area contributed by atoms with Gasteiger partial charge in [0.05, 0.1) is 0 Å². The minimum Gasteiger partial charge on any atom is -0.351 e. The zero-order valence-corrected chi connectivity index (χ0v) is 7.81. The zero-order valence-electron chi connectivity index (χ0n) is 7.81. The standard InChI is InChI=1S/C9H17FO2/c1-11-9(12-2)7-5-3-4-6-8(9)10/h8H,3-7H2,1-2H3. The highest BCUT2D eigenvalue weighted by atomic mass is 19.1. The quantitative estimate of drug-likeness (QED) is 0.474. The first-order chi connectivity index (χ1) is 5.75. The minimum atomic E-state index is -0.977. The van der Waals surface area contributed by atoms with Crippen molar-refractivity contribution in [3.8, 4) is 0 Å². The minimum absolute atomic E-state index is 0.557. The lowest BCUT2D eigenvalue weighted by molar-refractivity contribution is -0.245. The monoisotopic (exact) mass is 176 g/mol. The fourth-order valence-electron chi connectivity index (χ4n) is 1.79. The molecular weight excluding hydrogens is 159 g/mol. The predicted octanol–water partition coefficient (Wildman–Crippen LogP) is 2.28. The van der Waals surface area contributed by atoms with Crippen LogP contribution < -0.4 is 0 Å². The van der Waals surface area contributed by atoms with Gasteiger partial charge in [-0.3, -0.25) is 0 Å². The molecule has 0 heterocycles. The van der Waals surface area contributed by atoms with Gasteiger partial charge in [0.15, 0.2) is 12.0 Å². The Kier molecular flexibility index (Phi) is 3.47. The Morgan fingerprint density at radius 1 is 1.17 bits per heavy atom. The molecule has 1 saturated carbocycles. The summed E-state index contributed by atoms with van der Waals surface area (Å²) < 4.78 is 23.8. The number of rotatable bonds is 2. The number of halogens is 1. The third kappa shape index (κ3) is 1.77. The van der Waals surface area contributed by atoms with Gasteiger partial charge in [0.25, 0.3) is 0 Å². The van der Waals surface area contributed by atoms with E-state index in [4.69, 9.17) is 9.47 Å². The van der Waals surface area contributed by atoms with Gasteiger partial charge in [-0.1, -0.05) is 12.8 Å². The van der Waals surface area contributed by atoms with Crippen LogP contribution in [0.3, 0.4) is 0 Å². The van der Waals surface area contributed by atoms with E-state index >= 15 is 0 Å². The average Bonchev–Trinajstić information content (AvgIpc) is 2.28. The van der Waals surface area contributed by atoms with Crippen LogP contribution in [0.25, 0.3) is 0 Å². The molecule has 0 radical (unpaired) electrons. The number of methoxy groups -OCH3 is 2. The molecule has 0 aromatic heterocycles. The highest BCUT2D eigenvalue weighted by Gasteiger charge is 2.40. The molecule has 1 unspecified atom stereocenters. The van der Waals surface area contributed by atoms with Gasteiger partial charge in [-0.05, 0) is 12.8 Å². The summed E-state index contributed by atoms with van der Waals surface area (Å²) in [5.74, 6) is -0.962. The highest BCUT2D eigenvalue weighted by molar-refractivity contribution is 4.82. The molecule has 3 heteroatoms. The Bertz CT molecular complexity index is 134. The molecule has 0 bridgehead atoms. The topological polar surface area (TPSA) is 18.5 Å². The van der Waals surface area contributed by atoms with Crippen LogP contribution in [0.5, 0.6) is 0 Å². The van der Waals surface area contributed by atoms with Crippen LogP contribution in [0.1, 0.15) is 32.1 Å². The summed E-state index contributed by atoms with van der Waals surface area (Å²) in [6.45, 7) is 0. The third-order valence-corrected chi connectivity index (χ3v) is 2.65. The lowest BCUT2D eigenvalue weighted by atomic mass is 10.1. The Balaban J connectivity index is 2.66. The van der Waals surface area contributed by atoms with Gasteiger partial charge >= 0.3 is 0 Å². The predicted molar refractivity (Wildman–Crippen MR) is 44.7 cm³/mol. The summed E-state index contributed by atoms with van der Waals surface area (Å²) in [5, 5.41) is 0. The van der Waals surface area contributed by atoms with Crippen molar-refractivity contribution in [2.75, 3.05) is 14.2 Å². The molecule has 0 aliphatic heterocycles. The molecule has 1 fully saturated rings. The molecule has 0 aromatic carbocycles. The first-order valence-corrected chi connectivity index (χ1v) is 4.49. The van der Waals surface area contributed by atoms with Crippen molar-refractivity contribution in [1.29, 1.82) is 0 Å². The number of hydrogen-bond donors (Lipinski definition) is 0. The van der Waals surface area contributed by atoms with Gasteiger partial charge < -0.3 is 9.47 Å². The van der Waals surface area contributed by atoms with Crippen molar-refractivity contribution >= 4 is 0 Å². The maximum absolute atomic E-state index is 13.5. The van der Waals surface area contributed by atoms with Crippen LogP contribution in [0.15, 0.2) is 0 Å². The van der Waals surface area contributed by atoms with Gasteiger partial charge in [0, 0.05) is 20.6 Å². The maximum Gasteiger partial charge on any atom is 0.199 e. The second-order valence-corrected chi connectivity index (χ2v) is 3.29. The lowest BCUT2D eigenvalue weighted by Gasteiger charge is -2.32. The summed E-state index contributed by atoms with van der Waals surface area (Å²) in [7, 11) is 3.03. The van der Waals surface area contributed by atoms with E-state index in [2.05, 4.69) is 0 Å². The van der Waals surface area contributed by atoms with E-state index in [9.17, 15) is 4.39 Å². The largest absolute Gasteiger partial charge is 0.351 e. The second kappa shape index (κ2) is 4.19. The molecule has 1 aliphatic rings. The molecule has 1 rings (SSSR count). The molecule has 0 spiro atoms. The van der Waals surface area contributed by atoms with Gasteiger partial charge in [-0.2, -0.15) is 0 Å². The van der Waals surface area contributed by atoms with Crippen LogP contribution in [0, 0.1) is 0 Å². The van der Waals surface area contributed by atoms with Crippen LogP contribution in [0.2, 0.25) is 0 Å². The Morgan fingerprint density at radius 3 is 2.42 bits per heavy atom. The van der Waals surface area contributed by atoms with E-state index in [1.54, 1.807) is 0 Å². The lowest BCUT2D eigenvalue weighted by Crippen LogP contribution is -2.42. The van der Waals surface area contributed by atoms with Crippen molar-refractivity contribution in [1.82, 2.24) is 0 Å². The molecule has 0 aromatic rings. The number of hydrogen-bond acceptors (Lipinski definition) is 2. The Hall–Kier alpha value is -0.150. The van der Waals surface area contributed by atoms with E-state index in [0.29, 0.717) is 12.8 Å². The summed E-state index contributed by atoms with van der Waals surface area (Å²) in [6, 6.07) is 0. The fourth-order valence-corrected chi connectivity index (χ4v) is 1.79. The fraction of sp³-hybridized carbons (Fsp3) is 1.00. The first-order valence-electron chi connectivity index (χ1n) is 4.49. The van der Waals surface area contributed by atoms with E-state index in [1.165, 1.54) is 14.2 Å². The average molecular weight is 176 g/mol. The van der Waals surface area contributed by atoms with E-state index < -0.39 is 12.0 Å². The molecule has 0 amide bonds. The van der Waals surface area contributed by atoms with Crippen molar-refractivity contribution < 1.29 is 13.9 Å². The van der Waals surface area contributed by atoms with Gasteiger partial charge in [0.2, 0.25) is 0 Å². The smallest absolute Gasteiger partial charge is 0.199 e. The maximum atomic E-state index is 13.5. The number of ether oxygens (including phenoxy) is 2. The Labute approximate surface area is 73.0 Å². The SMILES string of the molecule is COC1(OC)CCCCCC1F. The normalized spacial score (nSPS) is 29.8. The van der Waals surface area contributed by atoms with Crippen LogP contribution in [-0.2, 0) is 9.47 Å². The molecular formula is C9H17FO2. The molecule has 2 nitrogen and oxygen atoms in total. The molecule has 1 atom stereocenters.